The molecule has 4 aromatic carbocycles. The largest absolute Gasteiger partial charge is 0.493 e. The van der Waals surface area contributed by atoms with Gasteiger partial charge in [-0.05, 0) is 59.5 Å². The molecule has 7 rings (SSSR count). The lowest BCUT2D eigenvalue weighted by Crippen LogP contribution is -2.14. The van der Waals surface area contributed by atoms with Crippen molar-refractivity contribution >= 4 is 39.6 Å². The molecule has 0 saturated heterocycles. The van der Waals surface area contributed by atoms with Gasteiger partial charge in [-0.2, -0.15) is 8.75 Å². The monoisotopic (exact) mass is 591 g/mol. The predicted molar refractivity (Wildman–Crippen MR) is 166 cm³/mol. The number of carbonyl (C=O) groups is 1. The summed E-state index contributed by atoms with van der Waals surface area (Å²) >= 11 is 1.18. The first-order valence-corrected chi connectivity index (χ1v) is 14.9. The first-order valence-electron chi connectivity index (χ1n) is 14.2. The Bertz CT molecular complexity index is 1960. The predicted octanol–water partition coefficient (Wildman–Crippen LogP) is 7.06. The van der Waals surface area contributed by atoms with Crippen molar-refractivity contribution in [3.63, 3.8) is 0 Å². The molecule has 1 aliphatic heterocycles. The van der Waals surface area contributed by atoms with Gasteiger partial charge < -0.3 is 23.5 Å². The lowest BCUT2D eigenvalue weighted by molar-refractivity contribution is 0.0516. The highest BCUT2D eigenvalue weighted by molar-refractivity contribution is 7.00. The molecule has 3 heterocycles. The molecule has 1 aliphatic rings. The van der Waals surface area contributed by atoms with Gasteiger partial charge in [0.25, 0.3) is 0 Å². The normalized spacial score (nSPS) is 12.3. The third-order valence-electron chi connectivity index (χ3n) is 7.69. The van der Waals surface area contributed by atoms with E-state index in [4.69, 9.17) is 18.9 Å². The van der Waals surface area contributed by atoms with E-state index in [2.05, 4.69) is 14.8 Å². The maximum atomic E-state index is 13.8. The zero-order chi connectivity index (χ0) is 29.3. The number of rotatable bonds is 9. The fraction of sp³-hybridized carbons (Fsp3) is 0.206. The molecule has 0 N–H and O–H groups in total. The molecule has 0 atom stereocenters. The number of hydrogen-bond donors (Lipinski definition) is 0. The van der Waals surface area contributed by atoms with Gasteiger partial charge in [-0.3, -0.25) is 0 Å². The summed E-state index contributed by atoms with van der Waals surface area (Å²) in [6, 6.07) is 26.0. The summed E-state index contributed by atoms with van der Waals surface area (Å²) in [6.45, 7) is 3.51. The van der Waals surface area contributed by atoms with Gasteiger partial charge >= 0.3 is 5.97 Å². The lowest BCUT2D eigenvalue weighted by atomic mass is 9.98. The fourth-order valence-corrected chi connectivity index (χ4v) is 6.20. The average Bonchev–Trinajstić information content (AvgIpc) is 3.77. The van der Waals surface area contributed by atoms with Crippen LogP contribution in [0.15, 0.2) is 78.9 Å². The molecule has 0 unspecified atom stereocenters. The minimum Gasteiger partial charge on any atom is -0.493 e. The smallest absolute Gasteiger partial charge is 0.355 e. The molecule has 216 valence electrons. The molecular weight excluding hydrogens is 562 g/mol. The van der Waals surface area contributed by atoms with E-state index in [0.717, 1.165) is 61.9 Å². The molecule has 0 radical (unpaired) electrons. The summed E-state index contributed by atoms with van der Waals surface area (Å²) in [5.74, 6) is 1.65. The van der Waals surface area contributed by atoms with Gasteiger partial charge in [-0.25, -0.2) is 4.79 Å². The number of carbonyl (C=O) groups excluding carboxylic acids is 1. The van der Waals surface area contributed by atoms with E-state index in [0.29, 0.717) is 37.0 Å². The van der Waals surface area contributed by atoms with Crippen LogP contribution in [0.3, 0.4) is 0 Å². The van der Waals surface area contributed by atoms with Crippen molar-refractivity contribution in [2.45, 2.75) is 26.5 Å². The molecule has 6 aromatic rings. The van der Waals surface area contributed by atoms with Crippen LogP contribution < -0.4 is 14.2 Å². The number of fused-ring (bicyclic) bond motifs is 3. The Hall–Kier alpha value is -4.89. The molecular formula is C34H29N3O5S. The summed E-state index contributed by atoms with van der Waals surface area (Å²) in [4.78, 5) is 13.8. The van der Waals surface area contributed by atoms with E-state index in [1.54, 1.807) is 7.11 Å². The summed E-state index contributed by atoms with van der Waals surface area (Å²) in [5, 5.41) is 0.863. The van der Waals surface area contributed by atoms with Crippen LogP contribution in [0.5, 0.6) is 17.2 Å². The Morgan fingerprint density at radius 1 is 0.953 bits per heavy atom. The molecule has 2 aromatic heterocycles. The van der Waals surface area contributed by atoms with E-state index in [1.165, 1.54) is 11.7 Å². The number of esters is 1. The van der Waals surface area contributed by atoms with Crippen LogP contribution in [0.2, 0.25) is 0 Å². The zero-order valence-corrected chi connectivity index (χ0v) is 24.6. The SMILES string of the molecule is CCOC(=O)c1c(-c2ccc3c(c2)CCO3)c2cc(OC)c(OCc3ccccc3)cc2n1Cc1ccc2nsnc2c1. The van der Waals surface area contributed by atoms with Crippen molar-refractivity contribution in [2.24, 2.45) is 0 Å². The first-order chi connectivity index (χ1) is 21.1. The number of benzene rings is 4. The number of nitrogens with zero attached hydrogens (tertiary/aromatic N) is 3. The molecule has 0 amide bonds. The van der Waals surface area contributed by atoms with E-state index >= 15 is 0 Å². The summed E-state index contributed by atoms with van der Waals surface area (Å²) < 4.78 is 34.4. The van der Waals surface area contributed by atoms with Crippen LogP contribution in [0, 0.1) is 0 Å². The number of hydrogen-bond acceptors (Lipinski definition) is 8. The zero-order valence-electron chi connectivity index (χ0n) is 23.8. The van der Waals surface area contributed by atoms with Crippen LogP contribution in [-0.4, -0.2) is 39.6 Å². The van der Waals surface area contributed by atoms with Crippen molar-refractivity contribution in [1.29, 1.82) is 0 Å². The van der Waals surface area contributed by atoms with Gasteiger partial charge in [-0.15, -0.1) is 0 Å². The van der Waals surface area contributed by atoms with Crippen LogP contribution in [0.25, 0.3) is 33.1 Å². The van der Waals surface area contributed by atoms with Crippen LogP contribution >= 0.6 is 11.7 Å². The highest BCUT2D eigenvalue weighted by Crippen LogP contribution is 2.43. The summed E-state index contributed by atoms with van der Waals surface area (Å²) in [6.07, 6.45) is 0.818. The summed E-state index contributed by atoms with van der Waals surface area (Å²) in [5.41, 5.74) is 7.80. The Morgan fingerprint density at radius 2 is 1.81 bits per heavy atom. The van der Waals surface area contributed by atoms with Gasteiger partial charge in [0.2, 0.25) is 0 Å². The van der Waals surface area contributed by atoms with Crippen LogP contribution in [0.4, 0.5) is 0 Å². The van der Waals surface area contributed by atoms with Crippen molar-refractivity contribution in [3.05, 3.63) is 101 Å². The molecule has 0 bridgehead atoms. The lowest BCUT2D eigenvalue weighted by Gasteiger charge is -2.14. The van der Waals surface area contributed by atoms with Crippen molar-refractivity contribution in [2.75, 3.05) is 20.3 Å². The summed E-state index contributed by atoms with van der Waals surface area (Å²) in [7, 11) is 1.63. The minimum atomic E-state index is -0.396. The molecule has 0 aliphatic carbocycles. The topological polar surface area (TPSA) is 84.7 Å². The fourth-order valence-electron chi connectivity index (χ4n) is 5.68. The molecule has 9 heteroatoms. The number of ether oxygens (including phenoxy) is 4. The Balaban J connectivity index is 1.45. The van der Waals surface area contributed by atoms with Gasteiger partial charge in [0.15, 0.2) is 11.5 Å². The van der Waals surface area contributed by atoms with Crippen molar-refractivity contribution in [1.82, 2.24) is 13.3 Å². The second-order valence-electron chi connectivity index (χ2n) is 10.3. The van der Waals surface area contributed by atoms with Gasteiger partial charge in [0.1, 0.15) is 29.1 Å². The highest BCUT2D eigenvalue weighted by Gasteiger charge is 2.28. The van der Waals surface area contributed by atoms with Gasteiger partial charge in [0, 0.05) is 30.0 Å². The van der Waals surface area contributed by atoms with Gasteiger partial charge in [0.05, 0.1) is 37.6 Å². The van der Waals surface area contributed by atoms with Gasteiger partial charge in [-0.1, -0.05) is 42.5 Å². The second kappa shape index (κ2) is 11.4. The molecule has 8 nitrogen and oxygen atoms in total. The molecule has 43 heavy (non-hydrogen) atoms. The van der Waals surface area contributed by atoms with Crippen LogP contribution in [-0.2, 0) is 24.3 Å². The highest BCUT2D eigenvalue weighted by atomic mass is 32.1. The second-order valence-corrected chi connectivity index (χ2v) is 10.9. The van der Waals surface area contributed by atoms with E-state index in [-0.39, 0.29) is 6.61 Å². The van der Waals surface area contributed by atoms with Crippen molar-refractivity contribution < 1.29 is 23.7 Å². The maximum Gasteiger partial charge on any atom is 0.355 e. The van der Waals surface area contributed by atoms with E-state index in [1.807, 2.05) is 84.3 Å². The third kappa shape index (κ3) is 5.06. The third-order valence-corrected chi connectivity index (χ3v) is 8.25. The molecule has 0 saturated carbocycles. The van der Waals surface area contributed by atoms with E-state index in [9.17, 15) is 4.79 Å². The Morgan fingerprint density at radius 3 is 2.65 bits per heavy atom. The maximum absolute atomic E-state index is 13.8. The van der Waals surface area contributed by atoms with Crippen LogP contribution in [0.1, 0.15) is 34.1 Å². The van der Waals surface area contributed by atoms with E-state index < -0.39 is 5.97 Å². The number of methoxy groups -OCH3 is 1. The molecule has 0 spiro atoms. The van der Waals surface area contributed by atoms with Crippen molar-refractivity contribution in [3.8, 4) is 28.4 Å². The Kier molecular flexibility index (Phi) is 7.16. The Labute approximate surface area is 252 Å². The quantitative estimate of drug-likeness (QED) is 0.166. The first kappa shape index (κ1) is 27.0. The standard InChI is InChI=1S/C34H29N3O5S/c1-3-40-34(38)33-32(24-10-12-29-23(16-24)13-14-41-29)25-17-30(39-2)31(42-20-21-7-5-4-6-8-21)18-28(25)37(33)19-22-9-11-26-27(15-22)36-43-35-26/h4-12,15-18H,3,13-14,19-20H2,1-2H3. The molecule has 0 fully saturated rings. The average molecular weight is 592 g/mol. The minimum absolute atomic E-state index is 0.253. The number of aromatic nitrogens is 3.